The highest BCUT2D eigenvalue weighted by atomic mass is 35.5. The number of benzene rings is 1. The summed E-state index contributed by atoms with van der Waals surface area (Å²) in [6.07, 6.45) is 1.82. The standard InChI is InChI=1S/C26H37ClFN5O/c1-7-22-19(16-18-20(27)9-8-10-21(18)28)24(30-23(29-22)15-17(2)3)32-11-13-33(14-12-32)25(34)31-26(4,5)6/h8-10,17H,7,11-16H2,1-6H3,(H,31,34). The second kappa shape index (κ2) is 10.9. The van der Waals surface area contributed by atoms with Crippen molar-refractivity contribution in [3.8, 4) is 0 Å². The van der Waals surface area contributed by atoms with Crippen LogP contribution >= 0.6 is 11.6 Å². The zero-order chi connectivity index (χ0) is 25.0. The maximum absolute atomic E-state index is 14.7. The molecule has 1 aliphatic rings. The van der Waals surface area contributed by atoms with Crippen LogP contribution in [0.3, 0.4) is 0 Å². The van der Waals surface area contributed by atoms with E-state index in [0.717, 1.165) is 35.7 Å². The predicted molar refractivity (Wildman–Crippen MR) is 136 cm³/mol. The molecule has 34 heavy (non-hydrogen) atoms. The van der Waals surface area contributed by atoms with Crippen molar-refractivity contribution in [3.05, 3.63) is 51.7 Å². The summed E-state index contributed by atoms with van der Waals surface area (Å²) in [4.78, 5) is 26.5. The van der Waals surface area contributed by atoms with Gasteiger partial charge < -0.3 is 15.1 Å². The maximum atomic E-state index is 14.7. The molecule has 1 fully saturated rings. The SMILES string of the molecule is CCc1nc(CC(C)C)nc(N2CCN(C(=O)NC(C)(C)C)CC2)c1Cc1c(F)cccc1Cl. The average Bonchev–Trinajstić information content (AvgIpc) is 2.75. The Balaban J connectivity index is 1.94. The van der Waals surface area contributed by atoms with E-state index in [2.05, 4.69) is 31.0 Å². The number of rotatable bonds is 6. The third kappa shape index (κ3) is 6.59. The normalized spacial score (nSPS) is 14.6. The van der Waals surface area contributed by atoms with Crippen LogP contribution in [0.4, 0.5) is 15.0 Å². The highest BCUT2D eigenvalue weighted by Gasteiger charge is 2.27. The Morgan fingerprint density at radius 2 is 1.82 bits per heavy atom. The minimum absolute atomic E-state index is 0.0528. The molecule has 0 saturated carbocycles. The van der Waals surface area contributed by atoms with E-state index in [1.54, 1.807) is 12.1 Å². The van der Waals surface area contributed by atoms with Crippen LogP contribution in [-0.2, 0) is 19.3 Å². The first-order valence-corrected chi connectivity index (χ1v) is 12.5. The number of nitrogens with zero attached hydrogens (tertiary/aromatic N) is 4. The lowest BCUT2D eigenvalue weighted by Gasteiger charge is -2.38. The second-order valence-electron chi connectivity index (χ2n) is 10.4. The molecule has 1 aromatic heterocycles. The average molecular weight is 490 g/mol. The summed E-state index contributed by atoms with van der Waals surface area (Å²) in [7, 11) is 0. The van der Waals surface area contributed by atoms with E-state index in [9.17, 15) is 9.18 Å². The first-order chi connectivity index (χ1) is 16.0. The highest BCUT2D eigenvalue weighted by Crippen LogP contribution is 2.30. The maximum Gasteiger partial charge on any atom is 0.317 e. The fourth-order valence-electron chi connectivity index (χ4n) is 4.16. The van der Waals surface area contributed by atoms with Gasteiger partial charge >= 0.3 is 6.03 Å². The Hall–Kier alpha value is -2.41. The fourth-order valence-corrected chi connectivity index (χ4v) is 4.39. The summed E-state index contributed by atoms with van der Waals surface area (Å²) in [6.45, 7) is 14.8. The molecular formula is C26H37ClFN5O. The van der Waals surface area contributed by atoms with Gasteiger partial charge in [0.15, 0.2) is 0 Å². The quantitative estimate of drug-likeness (QED) is 0.602. The van der Waals surface area contributed by atoms with Crippen molar-refractivity contribution in [3.63, 3.8) is 0 Å². The number of carbonyl (C=O) groups is 1. The number of halogens is 2. The van der Waals surface area contributed by atoms with E-state index >= 15 is 0 Å². The van der Waals surface area contributed by atoms with Crippen LogP contribution in [0.1, 0.15) is 64.2 Å². The predicted octanol–water partition coefficient (Wildman–Crippen LogP) is 5.25. The Kier molecular flexibility index (Phi) is 8.39. The van der Waals surface area contributed by atoms with Gasteiger partial charge in [0, 0.05) is 66.4 Å². The third-order valence-corrected chi connectivity index (χ3v) is 6.16. The van der Waals surface area contributed by atoms with Crippen LogP contribution in [0.2, 0.25) is 5.02 Å². The molecule has 2 amide bonds. The van der Waals surface area contributed by atoms with Crippen molar-refractivity contribution in [1.82, 2.24) is 20.2 Å². The molecule has 0 aliphatic carbocycles. The summed E-state index contributed by atoms with van der Waals surface area (Å²) in [5, 5.41) is 3.44. The lowest BCUT2D eigenvalue weighted by Crippen LogP contribution is -2.55. The molecule has 2 heterocycles. The molecule has 0 unspecified atom stereocenters. The number of anilines is 1. The van der Waals surface area contributed by atoms with Crippen molar-refractivity contribution in [2.24, 2.45) is 5.92 Å². The van der Waals surface area contributed by atoms with Gasteiger partial charge in [0.1, 0.15) is 17.5 Å². The molecule has 8 heteroatoms. The minimum Gasteiger partial charge on any atom is -0.353 e. The van der Waals surface area contributed by atoms with Crippen LogP contribution in [0.25, 0.3) is 0 Å². The van der Waals surface area contributed by atoms with Crippen molar-refractivity contribution in [2.75, 3.05) is 31.1 Å². The van der Waals surface area contributed by atoms with Crippen molar-refractivity contribution < 1.29 is 9.18 Å². The van der Waals surface area contributed by atoms with E-state index in [1.165, 1.54) is 6.07 Å². The number of hydrogen-bond donors (Lipinski definition) is 1. The zero-order valence-corrected chi connectivity index (χ0v) is 22.0. The van der Waals surface area contributed by atoms with Gasteiger partial charge in [-0.15, -0.1) is 0 Å². The van der Waals surface area contributed by atoms with Gasteiger partial charge in [-0.2, -0.15) is 0 Å². The van der Waals surface area contributed by atoms with Gasteiger partial charge in [-0.3, -0.25) is 0 Å². The molecule has 2 aromatic rings. The van der Waals surface area contributed by atoms with Gasteiger partial charge in [0.2, 0.25) is 0 Å². The minimum atomic E-state index is -0.324. The molecule has 0 radical (unpaired) electrons. The van der Waals surface area contributed by atoms with Crippen molar-refractivity contribution in [2.45, 2.75) is 66.3 Å². The number of urea groups is 1. The van der Waals surface area contributed by atoms with Gasteiger partial charge in [0.25, 0.3) is 0 Å². The van der Waals surface area contributed by atoms with Gasteiger partial charge in [-0.1, -0.05) is 38.4 Å². The van der Waals surface area contributed by atoms with E-state index in [0.29, 0.717) is 49.1 Å². The molecule has 0 bridgehead atoms. The number of hydrogen-bond acceptors (Lipinski definition) is 4. The zero-order valence-electron chi connectivity index (χ0n) is 21.2. The number of amides is 2. The molecular weight excluding hydrogens is 453 g/mol. The Morgan fingerprint density at radius 3 is 2.38 bits per heavy atom. The molecule has 1 saturated heterocycles. The summed E-state index contributed by atoms with van der Waals surface area (Å²) in [5.74, 6) is 1.73. The lowest BCUT2D eigenvalue weighted by molar-refractivity contribution is 0.185. The summed E-state index contributed by atoms with van der Waals surface area (Å²) in [5.41, 5.74) is 2.01. The van der Waals surface area contributed by atoms with Crippen LogP contribution in [0.5, 0.6) is 0 Å². The van der Waals surface area contributed by atoms with E-state index in [-0.39, 0.29) is 17.4 Å². The topological polar surface area (TPSA) is 61.4 Å². The van der Waals surface area contributed by atoms with Crippen molar-refractivity contribution in [1.29, 1.82) is 0 Å². The van der Waals surface area contributed by atoms with Crippen LogP contribution in [-0.4, -0.2) is 52.6 Å². The third-order valence-electron chi connectivity index (χ3n) is 5.81. The van der Waals surface area contributed by atoms with Crippen LogP contribution in [0, 0.1) is 11.7 Å². The molecule has 6 nitrogen and oxygen atoms in total. The second-order valence-corrected chi connectivity index (χ2v) is 10.8. The Bertz CT molecular complexity index is 993. The molecule has 0 atom stereocenters. The van der Waals surface area contributed by atoms with Crippen LogP contribution < -0.4 is 10.2 Å². The number of aryl methyl sites for hydroxylation is 1. The number of aromatic nitrogens is 2. The van der Waals surface area contributed by atoms with E-state index in [4.69, 9.17) is 21.6 Å². The monoisotopic (exact) mass is 489 g/mol. The molecule has 186 valence electrons. The lowest BCUT2D eigenvalue weighted by atomic mass is 10.0. The number of nitrogens with one attached hydrogen (secondary N) is 1. The fraction of sp³-hybridized carbons (Fsp3) is 0.577. The molecule has 1 aromatic carbocycles. The molecule has 1 N–H and O–H groups in total. The van der Waals surface area contributed by atoms with Crippen molar-refractivity contribution >= 4 is 23.4 Å². The van der Waals surface area contributed by atoms with Crippen LogP contribution in [0.15, 0.2) is 18.2 Å². The molecule has 1 aliphatic heterocycles. The van der Waals surface area contributed by atoms with E-state index in [1.807, 2.05) is 25.7 Å². The van der Waals surface area contributed by atoms with Gasteiger partial charge in [-0.25, -0.2) is 19.2 Å². The smallest absolute Gasteiger partial charge is 0.317 e. The van der Waals surface area contributed by atoms with Gasteiger partial charge in [-0.05, 0) is 45.2 Å². The largest absolute Gasteiger partial charge is 0.353 e. The summed E-state index contributed by atoms with van der Waals surface area (Å²) >= 11 is 6.37. The molecule has 3 rings (SSSR count). The highest BCUT2D eigenvalue weighted by molar-refractivity contribution is 6.31. The summed E-state index contributed by atoms with van der Waals surface area (Å²) in [6, 6.07) is 4.72. The first kappa shape index (κ1) is 26.2. The van der Waals surface area contributed by atoms with E-state index < -0.39 is 0 Å². The number of piperazine rings is 1. The first-order valence-electron chi connectivity index (χ1n) is 12.1. The Morgan fingerprint density at radius 1 is 1.15 bits per heavy atom. The molecule has 0 spiro atoms. The van der Waals surface area contributed by atoms with Gasteiger partial charge in [0.05, 0.1) is 0 Å². The summed E-state index contributed by atoms with van der Waals surface area (Å²) < 4.78 is 14.7. The number of carbonyl (C=O) groups excluding carboxylic acids is 1. The Labute approximate surface area is 207 Å².